The molecular weight excluding hydrogens is 331 g/mol. The second kappa shape index (κ2) is 9.34. The molecule has 0 saturated carbocycles. The minimum absolute atomic E-state index is 0.0390. The highest BCUT2D eigenvalue weighted by molar-refractivity contribution is 5.76. The van der Waals surface area contributed by atoms with Crippen molar-refractivity contribution in [3.05, 3.63) is 66.0 Å². The number of carbonyl (C=O) groups excluding carboxylic acids is 1. The molecule has 3 rings (SSSR count). The van der Waals surface area contributed by atoms with Gasteiger partial charge < -0.3 is 10.1 Å². The molecule has 1 heterocycles. The third-order valence-electron chi connectivity index (χ3n) is 4.63. The Kier molecular flexibility index (Phi) is 6.61. The Morgan fingerprint density at radius 1 is 1.08 bits per heavy atom. The number of ether oxygens (including phenoxy) is 1. The molecule has 1 fully saturated rings. The van der Waals surface area contributed by atoms with Crippen LogP contribution in [0.1, 0.15) is 24.8 Å². The van der Waals surface area contributed by atoms with E-state index in [2.05, 4.69) is 34.5 Å². The summed E-state index contributed by atoms with van der Waals surface area (Å²) < 4.78 is 18.8. The van der Waals surface area contributed by atoms with Gasteiger partial charge >= 0.3 is 0 Å². The Labute approximate surface area is 154 Å². The van der Waals surface area contributed by atoms with E-state index in [9.17, 15) is 9.18 Å². The fourth-order valence-electron chi connectivity index (χ4n) is 3.19. The quantitative estimate of drug-likeness (QED) is 0.827. The molecule has 1 amide bonds. The van der Waals surface area contributed by atoms with Gasteiger partial charge in [-0.25, -0.2) is 4.39 Å². The molecule has 0 bridgehead atoms. The first-order chi connectivity index (χ1) is 12.7. The Morgan fingerprint density at radius 2 is 1.77 bits per heavy atom. The van der Waals surface area contributed by atoms with E-state index in [1.54, 1.807) is 18.2 Å². The Hall–Kier alpha value is -2.40. The van der Waals surface area contributed by atoms with Gasteiger partial charge in [-0.15, -0.1) is 0 Å². The largest absolute Gasteiger partial charge is 0.490 e. The molecule has 1 N–H and O–H groups in total. The normalized spacial score (nSPS) is 15.6. The van der Waals surface area contributed by atoms with Crippen molar-refractivity contribution in [1.82, 2.24) is 10.2 Å². The molecule has 1 aliphatic heterocycles. The summed E-state index contributed by atoms with van der Waals surface area (Å²) in [6.45, 7) is 3.09. The summed E-state index contributed by atoms with van der Waals surface area (Å²) in [6, 6.07) is 16.9. The van der Waals surface area contributed by atoms with E-state index < -0.39 is 5.82 Å². The fourth-order valence-corrected chi connectivity index (χ4v) is 3.19. The van der Waals surface area contributed by atoms with Gasteiger partial charge in [-0.3, -0.25) is 9.69 Å². The minimum atomic E-state index is -0.404. The first-order valence-corrected chi connectivity index (χ1v) is 9.13. The first kappa shape index (κ1) is 18.4. The lowest BCUT2D eigenvalue weighted by atomic mass is 10.0. The van der Waals surface area contributed by atoms with Crippen LogP contribution in [0.5, 0.6) is 5.75 Å². The van der Waals surface area contributed by atoms with Crippen LogP contribution in [0.15, 0.2) is 54.6 Å². The number of piperidine rings is 1. The van der Waals surface area contributed by atoms with Crippen LogP contribution in [0, 0.1) is 5.82 Å². The van der Waals surface area contributed by atoms with Crippen LogP contribution in [0.3, 0.4) is 0 Å². The van der Waals surface area contributed by atoms with E-state index in [-0.39, 0.29) is 30.7 Å². The van der Waals surface area contributed by atoms with Crippen LogP contribution in [-0.4, -0.2) is 36.5 Å². The van der Waals surface area contributed by atoms with E-state index >= 15 is 0 Å². The Bertz CT molecular complexity index is 700. The van der Waals surface area contributed by atoms with Crippen molar-refractivity contribution in [1.29, 1.82) is 0 Å². The summed E-state index contributed by atoms with van der Waals surface area (Å²) in [5, 5.41) is 3.06. The zero-order valence-electron chi connectivity index (χ0n) is 14.9. The standard InChI is InChI=1S/C21H25FN2O2/c22-19-8-4-5-9-20(19)26-15-12-21(25)23-18-10-13-24(14-11-18)16-17-6-2-1-3-7-17/h1-9,18H,10-16H2,(H,23,25). The number of nitrogens with one attached hydrogen (secondary N) is 1. The van der Waals surface area contributed by atoms with Crippen molar-refractivity contribution in [3.8, 4) is 5.75 Å². The zero-order valence-corrected chi connectivity index (χ0v) is 14.9. The topological polar surface area (TPSA) is 41.6 Å². The van der Waals surface area contributed by atoms with Crippen molar-refractivity contribution in [2.24, 2.45) is 0 Å². The molecule has 5 heteroatoms. The van der Waals surface area contributed by atoms with Crippen LogP contribution in [0.25, 0.3) is 0 Å². The molecule has 1 aliphatic rings. The number of carbonyl (C=O) groups is 1. The van der Waals surface area contributed by atoms with Crippen molar-refractivity contribution in [2.75, 3.05) is 19.7 Å². The lowest BCUT2D eigenvalue weighted by Gasteiger charge is -2.32. The third kappa shape index (κ3) is 5.56. The van der Waals surface area contributed by atoms with Crippen LogP contribution in [0.2, 0.25) is 0 Å². The van der Waals surface area contributed by atoms with Crippen LogP contribution >= 0.6 is 0 Å². The SMILES string of the molecule is O=C(CCOc1ccccc1F)NC1CCN(Cc2ccccc2)CC1. The molecule has 0 spiro atoms. The van der Waals surface area contributed by atoms with Crippen LogP contribution in [0.4, 0.5) is 4.39 Å². The molecule has 2 aromatic rings. The maximum atomic E-state index is 13.4. The van der Waals surface area contributed by atoms with Crippen molar-refractivity contribution in [2.45, 2.75) is 31.8 Å². The average molecular weight is 356 g/mol. The number of amides is 1. The Morgan fingerprint density at radius 3 is 2.50 bits per heavy atom. The number of benzene rings is 2. The fraction of sp³-hybridized carbons (Fsp3) is 0.381. The predicted molar refractivity (Wildman–Crippen MR) is 99.4 cm³/mol. The first-order valence-electron chi connectivity index (χ1n) is 9.13. The summed E-state index contributed by atoms with van der Waals surface area (Å²) in [4.78, 5) is 14.5. The van der Waals surface area contributed by atoms with E-state index in [0.29, 0.717) is 0 Å². The predicted octanol–water partition coefficient (Wildman–Crippen LogP) is 3.38. The van der Waals surface area contributed by atoms with E-state index in [1.807, 2.05) is 6.07 Å². The second-order valence-electron chi connectivity index (χ2n) is 6.63. The van der Waals surface area contributed by atoms with Crippen molar-refractivity contribution in [3.63, 3.8) is 0 Å². The number of para-hydroxylation sites is 1. The highest BCUT2D eigenvalue weighted by Crippen LogP contribution is 2.16. The van der Waals surface area contributed by atoms with Gasteiger partial charge in [-0.2, -0.15) is 0 Å². The third-order valence-corrected chi connectivity index (χ3v) is 4.63. The molecule has 0 radical (unpaired) electrons. The van der Waals surface area contributed by atoms with Crippen molar-refractivity contribution >= 4 is 5.91 Å². The van der Waals surface area contributed by atoms with Gasteiger partial charge in [0.2, 0.25) is 5.91 Å². The van der Waals surface area contributed by atoms with E-state index in [4.69, 9.17) is 4.74 Å². The molecule has 4 nitrogen and oxygen atoms in total. The minimum Gasteiger partial charge on any atom is -0.490 e. The van der Waals surface area contributed by atoms with Crippen LogP contribution in [-0.2, 0) is 11.3 Å². The smallest absolute Gasteiger partial charge is 0.223 e. The lowest BCUT2D eigenvalue weighted by Crippen LogP contribution is -2.44. The maximum absolute atomic E-state index is 13.4. The van der Waals surface area contributed by atoms with Gasteiger partial charge in [0.05, 0.1) is 13.0 Å². The average Bonchev–Trinajstić information content (AvgIpc) is 2.66. The molecule has 0 aromatic heterocycles. The van der Waals surface area contributed by atoms with Crippen LogP contribution < -0.4 is 10.1 Å². The molecule has 138 valence electrons. The summed E-state index contributed by atoms with van der Waals surface area (Å²) in [6.07, 6.45) is 2.14. The van der Waals surface area contributed by atoms with Crippen molar-refractivity contribution < 1.29 is 13.9 Å². The summed E-state index contributed by atoms with van der Waals surface area (Å²) in [5.41, 5.74) is 1.32. The van der Waals surface area contributed by atoms with E-state index in [1.165, 1.54) is 11.6 Å². The summed E-state index contributed by atoms with van der Waals surface area (Å²) in [5.74, 6) is -0.254. The van der Waals surface area contributed by atoms with Gasteiger partial charge in [0.1, 0.15) is 0 Å². The number of rotatable bonds is 7. The molecule has 0 aliphatic carbocycles. The molecular formula is C21H25FN2O2. The highest BCUT2D eigenvalue weighted by Gasteiger charge is 2.20. The number of hydrogen-bond donors (Lipinski definition) is 1. The van der Waals surface area contributed by atoms with Gasteiger partial charge in [0.25, 0.3) is 0 Å². The van der Waals surface area contributed by atoms with Gasteiger partial charge in [-0.1, -0.05) is 42.5 Å². The number of hydrogen-bond acceptors (Lipinski definition) is 3. The second-order valence-corrected chi connectivity index (χ2v) is 6.63. The van der Waals surface area contributed by atoms with E-state index in [0.717, 1.165) is 32.5 Å². The highest BCUT2D eigenvalue weighted by atomic mass is 19.1. The molecule has 0 atom stereocenters. The molecule has 0 unspecified atom stereocenters. The zero-order chi connectivity index (χ0) is 18.2. The molecule has 2 aromatic carbocycles. The number of likely N-dealkylation sites (tertiary alicyclic amines) is 1. The lowest BCUT2D eigenvalue weighted by molar-refractivity contribution is -0.122. The summed E-state index contributed by atoms with van der Waals surface area (Å²) >= 11 is 0. The molecule has 1 saturated heterocycles. The van der Waals surface area contributed by atoms with Gasteiger partial charge in [0.15, 0.2) is 11.6 Å². The number of nitrogens with zero attached hydrogens (tertiary/aromatic N) is 1. The number of halogens is 1. The van der Waals surface area contributed by atoms with Gasteiger partial charge in [0, 0.05) is 25.7 Å². The van der Waals surface area contributed by atoms with Gasteiger partial charge in [-0.05, 0) is 30.5 Å². The Balaban J connectivity index is 1.34. The maximum Gasteiger partial charge on any atom is 0.223 e. The molecule has 26 heavy (non-hydrogen) atoms. The monoisotopic (exact) mass is 356 g/mol. The summed E-state index contributed by atoms with van der Waals surface area (Å²) in [7, 11) is 0.